The SMILES string of the molecule is CCCCCC(C)c1c(C(=O)NC)nn(C(C)c2ccccc2)c1C(N)=O. The zero-order chi connectivity index (χ0) is 20.0. The van der Waals surface area contributed by atoms with Crippen molar-refractivity contribution < 1.29 is 9.59 Å². The van der Waals surface area contributed by atoms with E-state index >= 15 is 0 Å². The Morgan fingerprint density at radius 3 is 2.41 bits per heavy atom. The number of hydrogen-bond donors (Lipinski definition) is 2. The number of carbonyl (C=O) groups is 2. The van der Waals surface area contributed by atoms with Gasteiger partial charge in [0.05, 0.1) is 6.04 Å². The molecule has 2 unspecified atom stereocenters. The highest BCUT2D eigenvalue weighted by molar-refractivity contribution is 6.00. The van der Waals surface area contributed by atoms with Crippen molar-refractivity contribution in [2.45, 2.75) is 58.4 Å². The smallest absolute Gasteiger partial charge is 0.271 e. The Morgan fingerprint density at radius 1 is 1.19 bits per heavy atom. The van der Waals surface area contributed by atoms with Gasteiger partial charge < -0.3 is 11.1 Å². The molecule has 3 N–H and O–H groups in total. The lowest BCUT2D eigenvalue weighted by atomic mass is 9.92. The summed E-state index contributed by atoms with van der Waals surface area (Å²) in [6.07, 6.45) is 4.13. The van der Waals surface area contributed by atoms with Gasteiger partial charge in [-0.2, -0.15) is 5.10 Å². The van der Waals surface area contributed by atoms with Crippen molar-refractivity contribution in [3.8, 4) is 0 Å². The van der Waals surface area contributed by atoms with Crippen LogP contribution in [0.2, 0.25) is 0 Å². The minimum atomic E-state index is -0.558. The van der Waals surface area contributed by atoms with E-state index < -0.39 is 5.91 Å². The van der Waals surface area contributed by atoms with Crippen LogP contribution in [0.1, 0.15) is 90.5 Å². The fourth-order valence-electron chi connectivity index (χ4n) is 3.44. The maximum atomic E-state index is 12.5. The first kappa shape index (κ1) is 20.7. The number of nitrogens with two attached hydrogens (primary N) is 1. The zero-order valence-corrected chi connectivity index (χ0v) is 16.7. The molecule has 2 rings (SSSR count). The highest BCUT2D eigenvalue weighted by Crippen LogP contribution is 2.31. The lowest BCUT2D eigenvalue weighted by Crippen LogP contribution is -2.23. The van der Waals surface area contributed by atoms with E-state index in [0.717, 1.165) is 31.2 Å². The van der Waals surface area contributed by atoms with Crippen molar-refractivity contribution in [3.63, 3.8) is 0 Å². The van der Waals surface area contributed by atoms with Gasteiger partial charge in [0.2, 0.25) is 0 Å². The number of primary amides is 1. The van der Waals surface area contributed by atoms with Crippen molar-refractivity contribution in [1.29, 1.82) is 0 Å². The molecule has 0 saturated carbocycles. The molecule has 6 heteroatoms. The molecule has 0 saturated heterocycles. The van der Waals surface area contributed by atoms with E-state index in [2.05, 4.69) is 17.3 Å². The fourth-order valence-corrected chi connectivity index (χ4v) is 3.44. The molecule has 2 aromatic rings. The number of carbonyl (C=O) groups excluding carboxylic acids is 2. The van der Waals surface area contributed by atoms with Crippen LogP contribution in [0.4, 0.5) is 0 Å². The van der Waals surface area contributed by atoms with Gasteiger partial charge in [-0.1, -0.05) is 63.4 Å². The molecule has 0 aliphatic carbocycles. The Bertz CT molecular complexity index is 783. The third-order valence-electron chi connectivity index (χ3n) is 5.00. The molecule has 1 aromatic carbocycles. The van der Waals surface area contributed by atoms with Crippen LogP contribution in [0, 0.1) is 0 Å². The zero-order valence-electron chi connectivity index (χ0n) is 16.7. The summed E-state index contributed by atoms with van der Waals surface area (Å²) in [4.78, 5) is 24.8. The average molecular weight is 370 g/mol. The Balaban J connectivity index is 2.57. The molecule has 146 valence electrons. The molecule has 0 fully saturated rings. The van der Waals surface area contributed by atoms with Gasteiger partial charge in [-0.25, -0.2) is 0 Å². The van der Waals surface area contributed by atoms with E-state index in [1.54, 1.807) is 11.7 Å². The molecule has 0 aliphatic rings. The second-order valence-electron chi connectivity index (χ2n) is 6.98. The lowest BCUT2D eigenvalue weighted by Gasteiger charge is -2.17. The van der Waals surface area contributed by atoms with Gasteiger partial charge in [-0.05, 0) is 24.8 Å². The maximum absolute atomic E-state index is 12.5. The molecule has 0 radical (unpaired) electrons. The summed E-state index contributed by atoms with van der Waals surface area (Å²) in [6.45, 7) is 6.13. The van der Waals surface area contributed by atoms with Gasteiger partial charge in [0.1, 0.15) is 5.69 Å². The van der Waals surface area contributed by atoms with Crippen molar-refractivity contribution in [2.24, 2.45) is 5.73 Å². The van der Waals surface area contributed by atoms with Crippen LogP contribution in [-0.2, 0) is 0 Å². The Morgan fingerprint density at radius 2 is 1.85 bits per heavy atom. The summed E-state index contributed by atoms with van der Waals surface area (Å²) >= 11 is 0. The Labute approximate surface area is 161 Å². The van der Waals surface area contributed by atoms with Crippen molar-refractivity contribution >= 4 is 11.8 Å². The third-order valence-corrected chi connectivity index (χ3v) is 5.00. The number of hydrogen-bond acceptors (Lipinski definition) is 3. The highest BCUT2D eigenvalue weighted by atomic mass is 16.2. The maximum Gasteiger partial charge on any atom is 0.271 e. The third kappa shape index (κ3) is 4.56. The summed E-state index contributed by atoms with van der Waals surface area (Å²) in [5, 5.41) is 7.17. The van der Waals surface area contributed by atoms with Crippen LogP contribution in [-0.4, -0.2) is 28.6 Å². The van der Waals surface area contributed by atoms with Gasteiger partial charge in [0, 0.05) is 12.6 Å². The number of unbranched alkanes of at least 4 members (excludes halogenated alkanes) is 2. The highest BCUT2D eigenvalue weighted by Gasteiger charge is 2.30. The van der Waals surface area contributed by atoms with E-state index in [4.69, 9.17) is 5.73 Å². The minimum absolute atomic E-state index is 0.0167. The Hall–Kier alpha value is -2.63. The van der Waals surface area contributed by atoms with Crippen molar-refractivity contribution in [2.75, 3.05) is 7.05 Å². The van der Waals surface area contributed by atoms with E-state index in [-0.39, 0.29) is 23.6 Å². The van der Waals surface area contributed by atoms with Gasteiger partial charge in [0.15, 0.2) is 5.69 Å². The molecule has 27 heavy (non-hydrogen) atoms. The largest absolute Gasteiger partial charge is 0.364 e. The van der Waals surface area contributed by atoms with Crippen molar-refractivity contribution in [1.82, 2.24) is 15.1 Å². The normalized spacial score (nSPS) is 13.2. The second kappa shape index (κ2) is 9.35. The van der Waals surface area contributed by atoms with E-state index in [1.165, 1.54) is 0 Å². The van der Waals surface area contributed by atoms with Crippen LogP contribution >= 0.6 is 0 Å². The minimum Gasteiger partial charge on any atom is -0.364 e. The van der Waals surface area contributed by atoms with E-state index in [0.29, 0.717) is 11.3 Å². The van der Waals surface area contributed by atoms with E-state index in [1.807, 2.05) is 44.2 Å². The molecule has 6 nitrogen and oxygen atoms in total. The number of rotatable bonds is 9. The standard InChI is InChI=1S/C21H30N4O2/c1-5-6-8-11-14(2)17-18(21(27)23-4)24-25(19(17)20(22)26)15(3)16-12-9-7-10-13-16/h7,9-10,12-15H,5-6,8,11H2,1-4H3,(H2,22,26)(H,23,27). The first-order valence-corrected chi connectivity index (χ1v) is 9.61. The van der Waals surface area contributed by atoms with Crippen LogP contribution in [0.3, 0.4) is 0 Å². The number of benzene rings is 1. The van der Waals surface area contributed by atoms with Gasteiger partial charge in [-0.3, -0.25) is 14.3 Å². The molecule has 0 aliphatic heterocycles. The fraction of sp³-hybridized carbons (Fsp3) is 0.476. The number of aromatic nitrogens is 2. The molecule has 0 bridgehead atoms. The Kier molecular flexibility index (Phi) is 7.16. The molecular formula is C21H30N4O2. The lowest BCUT2D eigenvalue weighted by molar-refractivity contribution is 0.0954. The molecule has 2 amide bonds. The summed E-state index contributed by atoms with van der Waals surface area (Å²) in [6, 6.07) is 9.54. The van der Waals surface area contributed by atoms with Gasteiger partial charge >= 0.3 is 0 Å². The predicted molar refractivity (Wildman–Crippen MR) is 107 cm³/mol. The first-order chi connectivity index (χ1) is 12.9. The van der Waals surface area contributed by atoms with Crippen LogP contribution in [0.5, 0.6) is 0 Å². The number of nitrogens with one attached hydrogen (secondary N) is 1. The molecule has 0 spiro atoms. The summed E-state index contributed by atoms with van der Waals surface area (Å²) < 4.78 is 1.61. The summed E-state index contributed by atoms with van der Waals surface area (Å²) in [5.74, 6) is -0.838. The first-order valence-electron chi connectivity index (χ1n) is 9.61. The van der Waals surface area contributed by atoms with Crippen molar-refractivity contribution in [3.05, 3.63) is 52.8 Å². The topological polar surface area (TPSA) is 90.0 Å². The average Bonchev–Trinajstić information content (AvgIpc) is 3.08. The summed E-state index contributed by atoms with van der Waals surface area (Å²) in [7, 11) is 1.57. The predicted octanol–water partition coefficient (Wildman–Crippen LogP) is 3.63. The molecule has 2 atom stereocenters. The van der Waals surface area contributed by atoms with Crippen LogP contribution < -0.4 is 11.1 Å². The number of amides is 2. The monoisotopic (exact) mass is 370 g/mol. The van der Waals surface area contributed by atoms with Crippen LogP contribution in [0.25, 0.3) is 0 Å². The summed E-state index contributed by atoms with van der Waals surface area (Å²) in [5.41, 5.74) is 8.01. The molecule has 1 aromatic heterocycles. The van der Waals surface area contributed by atoms with Gasteiger partial charge in [0.25, 0.3) is 11.8 Å². The van der Waals surface area contributed by atoms with Crippen LogP contribution in [0.15, 0.2) is 30.3 Å². The van der Waals surface area contributed by atoms with E-state index in [9.17, 15) is 9.59 Å². The second-order valence-corrected chi connectivity index (χ2v) is 6.98. The quantitative estimate of drug-likeness (QED) is 0.660. The number of nitrogens with zero attached hydrogens (tertiary/aromatic N) is 2. The molecular weight excluding hydrogens is 340 g/mol. The van der Waals surface area contributed by atoms with Gasteiger partial charge in [-0.15, -0.1) is 0 Å². The molecule has 1 heterocycles.